The SMILES string of the molecule is C#C.CC.CCOC(=O)C1OCC(O)CO1. The summed E-state index contributed by atoms with van der Waals surface area (Å²) in [6.45, 7) is 6.23. The third-order valence-electron chi connectivity index (χ3n) is 1.36. The molecule has 1 rings (SSSR count). The smallest absolute Gasteiger partial charge is 0.363 e. The summed E-state index contributed by atoms with van der Waals surface area (Å²) < 4.78 is 14.4. The van der Waals surface area contributed by atoms with Crippen LogP contribution >= 0.6 is 0 Å². The van der Waals surface area contributed by atoms with Crippen molar-refractivity contribution in [2.24, 2.45) is 0 Å². The number of aliphatic hydroxyl groups is 1. The zero-order valence-corrected chi connectivity index (χ0v) is 10.0. The fraction of sp³-hybridized carbons (Fsp3) is 0.727. The quantitative estimate of drug-likeness (QED) is 0.556. The molecule has 0 spiro atoms. The maximum absolute atomic E-state index is 11.0. The van der Waals surface area contributed by atoms with Gasteiger partial charge in [0.2, 0.25) is 0 Å². The maximum atomic E-state index is 11.0. The second-order valence-corrected chi connectivity index (χ2v) is 2.40. The van der Waals surface area contributed by atoms with Gasteiger partial charge in [-0.05, 0) is 6.92 Å². The Balaban J connectivity index is 0. The minimum atomic E-state index is -0.964. The summed E-state index contributed by atoms with van der Waals surface area (Å²) in [4.78, 5) is 11.0. The van der Waals surface area contributed by atoms with E-state index >= 15 is 0 Å². The van der Waals surface area contributed by atoms with Gasteiger partial charge in [-0.3, -0.25) is 0 Å². The third-order valence-corrected chi connectivity index (χ3v) is 1.36. The molecule has 1 aliphatic heterocycles. The molecule has 16 heavy (non-hydrogen) atoms. The Hall–Kier alpha value is -1.09. The lowest BCUT2D eigenvalue weighted by Gasteiger charge is -2.24. The van der Waals surface area contributed by atoms with Gasteiger partial charge in [0.1, 0.15) is 6.10 Å². The first kappa shape index (κ1) is 17.3. The van der Waals surface area contributed by atoms with E-state index < -0.39 is 18.4 Å². The minimum Gasteiger partial charge on any atom is -0.462 e. The second-order valence-electron chi connectivity index (χ2n) is 2.40. The highest BCUT2D eigenvalue weighted by Crippen LogP contribution is 2.06. The molecule has 1 N–H and O–H groups in total. The van der Waals surface area contributed by atoms with E-state index in [0.29, 0.717) is 6.61 Å². The highest BCUT2D eigenvalue weighted by Gasteiger charge is 2.27. The first-order valence-corrected chi connectivity index (χ1v) is 5.15. The molecule has 1 heterocycles. The van der Waals surface area contributed by atoms with Crippen LogP contribution in [-0.2, 0) is 19.0 Å². The molecule has 0 amide bonds. The van der Waals surface area contributed by atoms with Gasteiger partial charge in [0, 0.05) is 0 Å². The summed E-state index contributed by atoms with van der Waals surface area (Å²) in [6, 6.07) is 0. The number of ether oxygens (including phenoxy) is 3. The Bertz CT molecular complexity index is 182. The zero-order valence-electron chi connectivity index (χ0n) is 10.0. The van der Waals surface area contributed by atoms with Crippen LogP contribution < -0.4 is 0 Å². The summed E-state index contributed by atoms with van der Waals surface area (Å²) in [5, 5.41) is 8.94. The van der Waals surface area contributed by atoms with E-state index in [-0.39, 0.29) is 13.2 Å². The van der Waals surface area contributed by atoms with Crippen LogP contribution in [0.1, 0.15) is 20.8 Å². The van der Waals surface area contributed by atoms with E-state index in [1.54, 1.807) is 6.92 Å². The maximum Gasteiger partial charge on any atom is 0.363 e. The molecule has 0 aliphatic carbocycles. The lowest BCUT2D eigenvalue weighted by molar-refractivity contribution is -0.230. The van der Waals surface area contributed by atoms with Crippen LogP contribution in [0.3, 0.4) is 0 Å². The van der Waals surface area contributed by atoms with E-state index in [2.05, 4.69) is 17.6 Å². The van der Waals surface area contributed by atoms with Crippen molar-refractivity contribution < 1.29 is 24.1 Å². The molecule has 5 nitrogen and oxygen atoms in total. The molecule has 0 bridgehead atoms. The van der Waals surface area contributed by atoms with Gasteiger partial charge >= 0.3 is 5.97 Å². The Morgan fingerprint density at radius 2 is 1.81 bits per heavy atom. The van der Waals surface area contributed by atoms with E-state index in [9.17, 15) is 4.79 Å². The Labute approximate surface area is 96.7 Å². The van der Waals surface area contributed by atoms with Crippen LogP contribution in [0.15, 0.2) is 0 Å². The number of aliphatic hydroxyl groups excluding tert-OH is 1. The molecule has 1 saturated heterocycles. The van der Waals surface area contributed by atoms with Crippen molar-refractivity contribution in [3.05, 3.63) is 0 Å². The van der Waals surface area contributed by atoms with E-state index in [4.69, 9.17) is 14.6 Å². The molecule has 0 aromatic rings. The molecule has 0 radical (unpaired) electrons. The van der Waals surface area contributed by atoms with Crippen molar-refractivity contribution in [2.75, 3.05) is 19.8 Å². The number of carbonyl (C=O) groups excluding carboxylic acids is 1. The molecular weight excluding hydrogens is 212 g/mol. The first-order valence-electron chi connectivity index (χ1n) is 5.15. The van der Waals surface area contributed by atoms with Gasteiger partial charge < -0.3 is 19.3 Å². The monoisotopic (exact) mass is 232 g/mol. The Morgan fingerprint density at radius 3 is 2.19 bits per heavy atom. The summed E-state index contributed by atoms with van der Waals surface area (Å²) in [5.74, 6) is -0.538. The lowest BCUT2D eigenvalue weighted by atomic mass is 10.4. The van der Waals surface area contributed by atoms with Crippen molar-refractivity contribution in [1.29, 1.82) is 0 Å². The minimum absolute atomic E-state index is 0.115. The summed E-state index contributed by atoms with van der Waals surface area (Å²) in [5.41, 5.74) is 0. The van der Waals surface area contributed by atoms with Gasteiger partial charge in [-0.25, -0.2) is 4.79 Å². The average molecular weight is 232 g/mol. The van der Waals surface area contributed by atoms with Crippen LogP contribution in [0, 0.1) is 12.8 Å². The highest BCUT2D eigenvalue weighted by molar-refractivity contribution is 5.73. The third kappa shape index (κ3) is 7.23. The summed E-state index contributed by atoms with van der Waals surface area (Å²) >= 11 is 0. The Kier molecular flexibility index (Phi) is 13.0. The van der Waals surface area contributed by atoms with Gasteiger partial charge in [0.05, 0.1) is 19.8 Å². The van der Waals surface area contributed by atoms with Crippen molar-refractivity contribution in [1.82, 2.24) is 0 Å². The largest absolute Gasteiger partial charge is 0.462 e. The normalized spacial score (nSPS) is 22.9. The predicted molar refractivity (Wildman–Crippen MR) is 59.6 cm³/mol. The fourth-order valence-electron chi connectivity index (χ4n) is 0.840. The standard InChI is InChI=1S/C7H12O5.C2H6.C2H2/c1-2-10-6(9)7-11-3-5(8)4-12-7;2*1-2/h5,7-8H,2-4H2,1H3;1-2H3;1-2H. The molecule has 0 saturated carbocycles. The topological polar surface area (TPSA) is 65.0 Å². The molecule has 0 aromatic carbocycles. The number of carbonyl (C=O) groups is 1. The van der Waals surface area contributed by atoms with Crippen LogP contribution in [0.5, 0.6) is 0 Å². The highest BCUT2D eigenvalue weighted by atomic mass is 16.7. The van der Waals surface area contributed by atoms with E-state index in [1.807, 2.05) is 13.8 Å². The van der Waals surface area contributed by atoms with Crippen LogP contribution in [-0.4, -0.2) is 43.3 Å². The van der Waals surface area contributed by atoms with Crippen molar-refractivity contribution in [3.63, 3.8) is 0 Å². The molecule has 1 aliphatic rings. The van der Waals surface area contributed by atoms with Crippen molar-refractivity contribution >= 4 is 5.97 Å². The van der Waals surface area contributed by atoms with Crippen LogP contribution in [0.4, 0.5) is 0 Å². The summed E-state index contributed by atoms with van der Waals surface area (Å²) in [7, 11) is 0. The first-order chi connectivity index (χ1) is 7.74. The zero-order chi connectivity index (χ0) is 13.0. The van der Waals surface area contributed by atoms with Crippen LogP contribution in [0.2, 0.25) is 0 Å². The molecule has 1 fully saturated rings. The number of hydrogen-bond acceptors (Lipinski definition) is 5. The van der Waals surface area contributed by atoms with Gasteiger partial charge in [0.25, 0.3) is 6.29 Å². The van der Waals surface area contributed by atoms with Gasteiger partial charge in [-0.1, -0.05) is 13.8 Å². The lowest BCUT2D eigenvalue weighted by Crippen LogP contribution is -2.40. The number of rotatable bonds is 2. The molecule has 0 aromatic heterocycles. The van der Waals surface area contributed by atoms with Crippen molar-refractivity contribution in [3.8, 4) is 12.8 Å². The molecule has 94 valence electrons. The van der Waals surface area contributed by atoms with Gasteiger partial charge in [-0.2, -0.15) is 0 Å². The number of esters is 1. The van der Waals surface area contributed by atoms with Crippen molar-refractivity contribution in [2.45, 2.75) is 33.2 Å². The average Bonchev–Trinajstić information content (AvgIpc) is 2.35. The fourth-order valence-corrected chi connectivity index (χ4v) is 0.840. The molecular formula is C11H20O5. The predicted octanol–water partition coefficient (Wildman–Crippen LogP) is 0.559. The van der Waals surface area contributed by atoms with Gasteiger partial charge in [-0.15, -0.1) is 12.8 Å². The Morgan fingerprint density at radius 1 is 1.38 bits per heavy atom. The second kappa shape index (κ2) is 12.0. The molecule has 5 heteroatoms. The molecule has 0 unspecified atom stereocenters. The summed E-state index contributed by atoms with van der Waals surface area (Å²) in [6.07, 6.45) is 6.39. The van der Waals surface area contributed by atoms with E-state index in [1.165, 1.54) is 0 Å². The van der Waals surface area contributed by atoms with Gasteiger partial charge in [0.15, 0.2) is 0 Å². The number of hydrogen-bond donors (Lipinski definition) is 1. The van der Waals surface area contributed by atoms with Crippen LogP contribution in [0.25, 0.3) is 0 Å². The van der Waals surface area contributed by atoms with E-state index in [0.717, 1.165) is 0 Å². The number of terminal acetylenes is 1. The molecule has 0 atom stereocenters.